The number of nitrogens with one attached hydrogen (secondary N) is 3. The number of carbonyl (C=O) groups excluding carboxylic acids is 1. The number of amides is 1. The number of imidazole rings is 1. The Bertz CT molecular complexity index is 1590. The summed E-state index contributed by atoms with van der Waals surface area (Å²) in [7, 11) is -3.70. The minimum absolute atomic E-state index is 0.00338. The van der Waals surface area contributed by atoms with Gasteiger partial charge in [-0.25, -0.2) is 32.2 Å². The Morgan fingerprint density at radius 1 is 1.14 bits per heavy atom. The van der Waals surface area contributed by atoms with Crippen LogP contribution in [0.4, 0.5) is 26.0 Å². The van der Waals surface area contributed by atoms with Crippen LogP contribution < -0.4 is 10.6 Å². The Morgan fingerprint density at radius 3 is 2.50 bits per heavy atom. The summed E-state index contributed by atoms with van der Waals surface area (Å²) >= 11 is 1.46. The number of aromatic nitrogens is 4. The van der Waals surface area contributed by atoms with E-state index in [-0.39, 0.29) is 45.1 Å². The van der Waals surface area contributed by atoms with Crippen molar-refractivity contribution in [2.75, 3.05) is 16.9 Å². The van der Waals surface area contributed by atoms with Crippen LogP contribution in [0.15, 0.2) is 29.2 Å². The largest absolute Gasteiger partial charge is 0.352 e. The highest BCUT2D eigenvalue weighted by molar-refractivity contribution is 7.90. The summed E-state index contributed by atoms with van der Waals surface area (Å²) in [5, 5.41) is 6.39. The van der Waals surface area contributed by atoms with Crippen LogP contribution in [-0.2, 0) is 14.6 Å². The molecule has 0 bridgehead atoms. The lowest BCUT2D eigenvalue weighted by atomic mass is 10.2. The van der Waals surface area contributed by atoms with E-state index in [0.29, 0.717) is 10.6 Å². The summed E-state index contributed by atoms with van der Waals surface area (Å²) in [5.41, 5.74) is 2.07. The maximum absolute atomic E-state index is 13.3. The number of aryl methyl sites for hydroxylation is 2. The highest BCUT2D eigenvalue weighted by Crippen LogP contribution is 2.36. The molecular weight excluding hydrogens is 510 g/mol. The lowest BCUT2D eigenvalue weighted by Crippen LogP contribution is -2.14. The van der Waals surface area contributed by atoms with E-state index in [0.717, 1.165) is 29.7 Å². The maximum Gasteiger partial charge on any atom is 0.295 e. The molecule has 9 nitrogen and oxygen atoms in total. The van der Waals surface area contributed by atoms with E-state index in [4.69, 9.17) is 0 Å². The lowest BCUT2D eigenvalue weighted by Gasteiger charge is -2.14. The summed E-state index contributed by atoms with van der Waals surface area (Å²) in [4.78, 5) is 28.5. The zero-order chi connectivity index (χ0) is 25.8. The van der Waals surface area contributed by atoms with Gasteiger partial charge < -0.3 is 15.6 Å². The predicted molar refractivity (Wildman–Crippen MR) is 134 cm³/mol. The van der Waals surface area contributed by atoms with Gasteiger partial charge in [0, 0.05) is 28.7 Å². The highest BCUT2D eigenvalue weighted by Gasteiger charge is 2.30. The number of carbonyl (C=O) groups is 1. The number of hydrogen-bond donors (Lipinski definition) is 3. The molecule has 36 heavy (non-hydrogen) atoms. The second-order valence-electron chi connectivity index (χ2n) is 8.71. The van der Waals surface area contributed by atoms with Crippen LogP contribution in [0, 0.1) is 19.8 Å². The third-order valence-electron chi connectivity index (χ3n) is 5.80. The fourth-order valence-electron chi connectivity index (χ4n) is 3.65. The number of hydrogen-bond acceptors (Lipinski definition) is 8. The fraction of sp³-hybridized carbons (Fsp3) is 0.304. The number of benzene rings is 1. The topological polar surface area (TPSA) is 130 Å². The van der Waals surface area contributed by atoms with Gasteiger partial charge in [-0.15, -0.1) is 11.3 Å². The number of pyridine rings is 1. The van der Waals surface area contributed by atoms with Crippen molar-refractivity contribution in [2.45, 2.75) is 38.0 Å². The number of alkyl halides is 2. The van der Waals surface area contributed by atoms with Crippen molar-refractivity contribution in [1.82, 2.24) is 19.9 Å². The van der Waals surface area contributed by atoms with Crippen molar-refractivity contribution in [2.24, 2.45) is 5.92 Å². The molecule has 188 valence electrons. The monoisotopic (exact) mass is 532 g/mol. The van der Waals surface area contributed by atoms with Gasteiger partial charge in [-0.3, -0.25) is 4.79 Å². The van der Waals surface area contributed by atoms with Gasteiger partial charge >= 0.3 is 0 Å². The number of anilines is 3. The Hall–Kier alpha value is -3.45. The molecule has 1 saturated carbocycles. The molecule has 0 atom stereocenters. The summed E-state index contributed by atoms with van der Waals surface area (Å²) in [6.45, 7) is 3.82. The molecule has 1 aliphatic rings. The molecule has 0 aliphatic heterocycles. The Kier molecular flexibility index (Phi) is 5.99. The standard InChI is InChI=1S/C23H22F2N6O3S2/c1-10-11(2)35-23(26-10)13-6-7-14(16(8-13)36(3,33)34)27-15-9-17(29-22(32)12-4-5-12)28-20-18(15)30-21(31-20)19(24)25/h6-9,12,19H,4-5H2,1-3H3,(H3,27,28,29,30,31,32). The highest BCUT2D eigenvalue weighted by atomic mass is 32.2. The second-order valence-corrected chi connectivity index (χ2v) is 11.9. The molecule has 1 aromatic carbocycles. The zero-order valence-electron chi connectivity index (χ0n) is 19.5. The van der Waals surface area contributed by atoms with Crippen molar-refractivity contribution < 1.29 is 22.0 Å². The van der Waals surface area contributed by atoms with Gasteiger partial charge in [0.25, 0.3) is 6.43 Å². The van der Waals surface area contributed by atoms with Crippen molar-refractivity contribution in [1.29, 1.82) is 0 Å². The van der Waals surface area contributed by atoms with Crippen LogP contribution in [-0.4, -0.2) is 40.5 Å². The van der Waals surface area contributed by atoms with Crippen LogP contribution in [0.3, 0.4) is 0 Å². The maximum atomic E-state index is 13.3. The number of nitrogens with zero attached hydrogens (tertiary/aromatic N) is 3. The molecule has 1 amide bonds. The molecule has 0 radical (unpaired) electrons. The Balaban J connectivity index is 1.59. The molecule has 1 aliphatic carbocycles. The van der Waals surface area contributed by atoms with E-state index in [1.165, 1.54) is 23.5 Å². The third kappa shape index (κ3) is 4.80. The quantitative estimate of drug-likeness (QED) is 0.301. The van der Waals surface area contributed by atoms with E-state index in [9.17, 15) is 22.0 Å². The molecule has 4 aromatic rings. The first-order chi connectivity index (χ1) is 17.0. The first-order valence-corrected chi connectivity index (χ1v) is 13.8. The smallest absolute Gasteiger partial charge is 0.295 e. The van der Waals surface area contributed by atoms with Gasteiger partial charge in [0.2, 0.25) is 5.91 Å². The molecule has 3 N–H and O–H groups in total. The van der Waals surface area contributed by atoms with Gasteiger partial charge in [-0.05, 0) is 44.9 Å². The van der Waals surface area contributed by atoms with Crippen LogP contribution >= 0.6 is 11.3 Å². The van der Waals surface area contributed by atoms with E-state index in [1.54, 1.807) is 12.1 Å². The SMILES string of the molecule is Cc1nc(-c2ccc(Nc3cc(NC(=O)C4CC4)nc4[nH]c(C(F)F)nc34)c(S(C)(=O)=O)c2)sc1C. The predicted octanol–water partition coefficient (Wildman–Crippen LogP) is 5.13. The molecule has 0 saturated heterocycles. The van der Waals surface area contributed by atoms with Gasteiger partial charge in [0.15, 0.2) is 21.3 Å². The summed E-state index contributed by atoms with van der Waals surface area (Å²) in [6.07, 6.45) is -0.225. The van der Waals surface area contributed by atoms with Crippen molar-refractivity contribution in [3.63, 3.8) is 0 Å². The minimum Gasteiger partial charge on any atom is -0.352 e. The van der Waals surface area contributed by atoms with E-state index in [2.05, 4.69) is 30.6 Å². The third-order valence-corrected chi connectivity index (χ3v) is 8.06. The zero-order valence-corrected chi connectivity index (χ0v) is 21.2. The molecule has 3 heterocycles. The average molecular weight is 533 g/mol. The van der Waals surface area contributed by atoms with Gasteiger partial charge in [0.1, 0.15) is 16.3 Å². The number of sulfone groups is 1. The molecule has 5 rings (SSSR count). The fourth-order valence-corrected chi connectivity index (χ4v) is 5.42. The molecule has 3 aromatic heterocycles. The first kappa shape index (κ1) is 24.3. The summed E-state index contributed by atoms with van der Waals surface area (Å²) < 4.78 is 52.1. The van der Waals surface area contributed by atoms with Crippen LogP contribution in [0.25, 0.3) is 21.7 Å². The number of H-pyrrole nitrogens is 1. The number of fused-ring (bicyclic) bond motifs is 1. The lowest BCUT2D eigenvalue weighted by molar-refractivity contribution is -0.117. The molecule has 0 spiro atoms. The number of aromatic amines is 1. The van der Waals surface area contributed by atoms with Crippen molar-refractivity contribution in [3.05, 3.63) is 40.7 Å². The van der Waals surface area contributed by atoms with Gasteiger partial charge in [-0.2, -0.15) is 0 Å². The summed E-state index contributed by atoms with van der Waals surface area (Å²) in [6, 6.07) is 6.30. The molecule has 13 heteroatoms. The van der Waals surface area contributed by atoms with Crippen LogP contribution in [0.1, 0.15) is 35.7 Å². The second kappa shape index (κ2) is 8.89. The van der Waals surface area contributed by atoms with Gasteiger partial charge in [0.05, 0.1) is 22.0 Å². The Morgan fingerprint density at radius 2 is 1.89 bits per heavy atom. The van der Waals surface area contributed by atoms with E-state index >= 15 is 0 Å². The van der Waals surface area contributed by atoms with Gasteiger partial charge in [-0.1, -0.05) is 0 Å². The number of halogens is 2. The van der Waals surface area contributed by atoms with Crippen LogP contribution in [0.2, 0.25) is 0 Å². The minimum atomic E-state index is -3.70. The normalized spacial score (nSPS) is 13.9. The number of thiazole rings is 1. The summed E-state index contributed by atoms with van der Waals surface area (Å²) in [5.74, 6) is -0.756. The van der Waals surface area contributed by atoms with Crippen LogP contribution in [0.5, 0.6) is 0 Å². The Labute approximate surface area is 209 Å². The van der Waals surface area contributed by atoms with E-state index in [1.807, 2.05) is 13.8 Å². The number of rotatable bonds is 7. The van der Waals surface area contributed by atoms with E-state index < -0.39 is 22.1 Å². The van der Waals surface area contributed by atoms with Crippen molar-refractivity contribution >= 4 is 55.4 Å². The first-order valence-electron chi connectivity index (χ1n) is 11.0. The molecular formula is C23H22F2N6O3S2. The average Bonchev–Trinajstić information content (AvgIpc) is 3.48. The molecule has 0 unspecified atom stereocenters. The molecule has 1 fully saturated rings. The van der Waals surface area contributed by atoms with Crippen molar-refractivity contribution in [3.8, 4) is 10.6 Å².